The van der Waals surface area contributed by atoms with E-state index in [0.717, 1.165) is 18.4 Å². The fraction of sp³-hybridized carbons (Fsp3) is 0.600. The van der Waals surface area contributed by atoms with Crippen molar-refractivity contribution >= 4 is 0 Å². The van der Waals surface area contributed by atoms with Crippen LogP contribution in [0.3, 0.4) is 0 Å². The van der Waals surface area contributed by atoms with Crippen molar-refractivity contribution in [1.29, 1.82) is 0 Å². The summed E-state index contributed by atoms with van der Waals surface area (Å²) in [7, 11) is 0. The number of fused-ring (bicyclic) bond motifs is 1. The molecule has 0 saturated carbocycles. The minimum atomic E-state index is -0.631. The van der Waals surface area contributed by atoms with E-state index < -0.39 is 5.60 Å². The van der Waals surface area contributed by atoms with Crippen LogP contribution in [0.4, 0.5) is 0 Å². The molecular weight excluding hydrogens is 196 g/mol. The molecule has 0 aliphatic heterocycles. The van der Waals surface area contributed by atoms with Gasteiger partial charge in [0.2, 0.25) is 0 Å². The smallest absolute Gasteiger partial charge is 0.0871 e. The predicted octanol–water partition coefficient (Wildman–Crippen LogP) is 3.74. The lowest BCUT2D eigenvalue weighted by Crippen LogP contribution is -2.30. The number of aryl methyl sites for hydroxylation is 1. The number of hydrogen-bond donors (Lipinski definition) is 1. The number of hydrogen-bond acceptors (Lipinski definition) is 1. The molecule has 1 aromatic carbocycles. The van der Waals surface area contributed by atoms with E-state index in [4.69, 9.17) is 0 Å². The van der Waals surface area contributed by atoms with Gasteiger partial charge >= 0.3 is 0 Å². The first-order valence-electron chi connectivity index (χ1n) is 6.25. The molecule has 1 nitrogen and oxygen atoms in total. The van der Waals surface area contributed by atoms with Gasteiger partial charge in [0.15, 0.2) is 0 Å². The fourth-order valence-electron chi connectivity index (χ4n) is 2.90. The SMILES string of the molecule is Cc1ccc2c(c1)[C@H](C(C)C)CC[C@]2(C)O. The summed E-state index contributed by atoms with van der Waals surface area (Å²) in [5, 5.41) is 10.4. The van der Waals surface area contributed by atoms with Crippen molar-refractivity contribution in [2.45, 2.75) is 52.1 Å². The highest BCUT2D eigenvalue weighted by molar-refractivity contribution is 5.40. The second-order valence-corrected chi connectivity index (χ2v) is 5.75. The van der Waals surface area contributed by atoms with Crippen LogP contribution in [-0.4, -0.2) is 5.11 Å². The number of benzene rings is 1. The lowest BCUT2D eigenvalue weighted by molar-refractivity contribution is 0.0319. The van der Waals surface area contributed by atoms with Crippen LogP contribution in [0.15, 0.2) is 18.2 Å². The van der Waals surface area contributed by atoms with E-state index in [1.807, 2.05) is 6.92 Å². The maximum Gasteiger partial charge on any atom is 0.0871 e. The second kappa shape index (κ2) is 3.89. The van der Waals surface area contributed by atoms with E-state index in [1.54, 1.807) is 0 Å². The Bertz CT molecular complexity index is 390. The van der Waals surface area contributed by atoms with Gasteiger partial charge in [-0.15, -0.1) is 0 Å². The molecule has 0 saturated heterocycles. The average Bonchev–Trinajstić information content (AvgIpc) is 2.16. The Hall–Kier alpha value is -0.820. The first kappa shape index (κ1) is 11.7. The molecule has 1 aromatic rings. The van der Waals surface area contributed by atoms with E-state index in [0.29, 0.717) is 11.8 Å². The third-order valence-electron chi connectivity index (χ3n) is 3.93. The summed E-state index contributed by atoms with van der Waals surface area (Å²) in [5.74, 6) is 1.26. The normalized spacial score (nSPS) is 29.2. The van der Waals surface area contributed by atoms with Gasteiger partial charge in [0, 0.05) is 0 Å². The summed E-state index contributed by atoms with van der Waals surface area (Å²) in [6, 6.07) is 6.48. The highest BCUT2D eigenvalue weighted by Gasteiger charge is 2.35. The third-order valence-corrected chi connectivity index (χ3v) is 3.93. The van der Waals surface area contributed by atoms with Crippen LogP contribution < -0.4 is 0 Å². The van der Waals surface area contributed by atoms with Crippen molar-refractivity contribution in [3.63, 3.8) is 0 Å². The predicted molar refractivity (Wildman–Crippen MR) is 67.6 cm³/mol. The van der Waals surface area contributed by atoms with Crippen molar-refractivity contribution in [1.82, 2.24) is 0 Å². The third kappa shape index (κ3) is 1.89. The molecule has 0 heterocycles. The molecule has 16 heavy (non-hydrogen) atoms. The second-order valence-electron chi connectivity index (χ2n) is 5.75. The zero-order chi connectivity index (χ0) is 11.9. The zero-order valence-corrected chi connectivity index (χ0v) is 10.7. The molecule has 2 rings (SSSR count). The Balaban J connectivity index is 2.54. The largest absolute Gasteiger partial charge is 0.385 e. The molecule has 1 N–H and O–H groups in total. The van der Waals surface area contributed by atoms with Crippen molar-refractivity contribution in [2.75, 3.05) is 0 Å². The Morgan fingerprint density at radius 3 is 2.69 bits per heavy atom. The van der Waals surface area contributed by atoms with Gasteiger partial charge < -0.3 is 5.11 Å². The molecule has 0 unspecified atom stereocenters. The number of aliphatic hydroxyl groups is 1. The van der Waals surface area contributed by atoms with Crippen molar-refractivity contribution in [3.05, 3.63) is 34.9 Å². The summed E-state index contributed by atoms with van der Waals surface area (Å²) in [6.07, 6.45) is 1.98. The molecule has 88 valence electrons. The molecule has 1 aliphatic carbocycles. The first-order valence-corrected chi connectivity index (χ1v) is 6.25. The van der Waals surface area contributed by atoms with Gasteiger partial charge in [-0.3, -0.25) is 0 Å². The van der Waals surface area contributed by atoms with Crippen LogP contribution >= 0.6 is 0 Å². The molecule has 0 radical (unpaired) electrons. The van der Waals surface area contributed by atoms with E-state index in [2.05, 4.69) is 39.0 Å². The summed E-state index contributed by atoms with van der Waals surface area (Å²) >= 11 is 0. The molecular formula is C15H22O. The van der Waals surface area contributed by atoms with Gasteiger partial charge in [-0.2, -0.15) is 0 Å². The minimum absolute atomic E-state index is 0.607. The fourth-order valence-corrected chi connectivity index (χ4v) is 2.90. The molecule has 0 fully saturated rings. The van der Waals surface area contributed by atoms with E-state index >= 15 is 0 Å². The van der Waals surface area contributed by atoms with Crippen molar-refractivity contribution in [3.8, 4) is 0 Å². The Kier molecular flexibility index (Phi) is 2.83. The topological polar surface area (TPSA) is 20.2 Å². The van der Waals surface area contributed by atoms with E-state index in [1.165, 1.54) is 11.1 Å². The van der Waals surface area contributed by atoms with Crippen LogP contribution in [0.1, 0.15) is 56.2 Å². The van der Waals surface area contributed by atoms with Crippen LogP contribution in [0, 0.1) is 12.8 Å². The highest BCUT2D eigenvalue weighted by Crippen LogP contribution is 2.44. The summed E-state index contributed by atoms with van der Waals surface area (Å²) < 4.78 is 0. The first-order chi connectivity index (χ1) is 7.42. The lowest BCUT2D eigenvalue weighted by Gasteiger charge is -2.37. The molecule has 0 amide bonds. The Labute approximate surface area is 98.5 Å². The maximum absolute atomic E-state index is 10.4. The van der Waals surface area contributed by atoms with Gasteiger partial charge in [0.05, 0.1) is 5.60 Å². The van der Waals surface area contributed by atoms with E-state index in [-0.39, 0.29) is 0 Å². The van der Waals surface area contributed by atoms with Gasteiger partial charge in [0.1, 0.15) is 0 Å². The van der Waals surface area contributed by atoms with Crippen LogP contribution in [0.2, 0.25) is 0 Å². The highest BCUT2D eigenvalue weighted by atomic mass is 16.3. The number of rotatable bonds is 1. The van der Waals surface area contributed by atoms with Gasteiger partial charge in [0.25, 0.3) is 0 Å². The van der Waals surface area contributed by atoms with Gasteiger partial charge in [-0.25, -0.2) is 0 Å². The molecule has 2 atom stereocenters. The molecule has 0 bridgehead atoms. The van der Waals surface area contributed by atoms with Gasteiger partial charge in [-0.1, -0.05) is 37.6 Å². The summed E-state index contributed by atoms with van der Waals surface area (Å²) in [4.78, 5) is 0. The van der Waals surface area contributed by atoms with Crippen molar-refractivity contribution < 1.29 is 5.11 Å². The zero-order valence-electron chi connectivity index (χ0n) is 10.7. The minimum Gasteiger partial charge on any atom is -0.385 e. The standard InChI is InChI=1S/C15H22O/c1-10(2)12-7-8-15(4,16)14-6-5-11(3)9-13(12)14/h5-6,9-10,12,16H,7-8H2,1-4H3/t12-,15-/m0/s1. The van der Waals surface area contributed by atoms with Crippen LogP contribution in [0.5, 0.6) is 0 Å². The summed E-state index contributed by atoms with van der Waals surface area (Å²) in [6.45, 7) is 8.62. The quantitative estimate of drug-likeness (QED) is 0.761. The average molecular weight is 218 g/mol. The van der Waals surface area contributed by atoms with Gasteiger partial charge in [-0.05, 0) is 49.7 Å². The molecule has 0 spiro atoms. The monoisotopic (exact) mass is 218 g/mol. The summed E-state index contributed by atoms with van der Waals surface area (Å²) in [5.41, 5.74) is 3.17. The molecule has 0 aromatic heterocycles. The Morgan fingerprint density at radius 2 is 2.06 bits per heavy atom. The maximum atomic E-state index is 10.4. The Morgan fingerprint density at radius 1 is 1.38 bits per heavy atom. The molecule has 1 heteroatoms. The van der Waals surface area contributed by atoms with Crippen molar-refractivity contribution in [2.24, 2.45) is 5.92 Å². The molecule has 1 aliphatic rings. The lowest BCUT2D eigenvalue weighted by atomic mass is 9.71. The van der Waals surface area contributed by atoms with E-state index in [9.17, 15) is 5.11 Å². The van der Waals surface area contributed by atoms with Crippen LogP contribution in [-0.2, 0) is 5.60 Å². The van der Waals surface area contributed by atoms with Crippen LogP contribution in [0.25, 0.3) is 0 Å².